The van der Waals surface area contributed by atoms with Crippen LogP contribution in [-0.2, 0) is 0 Å². The van der Waals surface area contributed by atoms with E-state index >= 15 is 0 Å². The number of anilines is 12. The Bertz CT molecular complexity index is 3440. The summed E-state index contributed by atoms with van der Waals surface area (Å²) >= 11 is 0. The van der Waals surface area contributed by atoms with Gasteiger partial charge in [-0.2, -0.15) is 0 Å². The molecule has 0 spiro atoms. The van der Waals surface area contributed by atoms with Crippen LogP contribution in [0.15, 0.2) is 267 Å². The Kier molecular flexibility index (Phi) is 9.12. The Morgan fingerprint density at radius 3 is 0.694 bits per heavy atom. The molecule has 0 unspecified atom stereocenters. The van der Waals surface area contributed by atoms with Crippen LogP contribution < -0.4 is 52.4 Å². The van der Waals surface area contributed by atoms with Gasteiger partial charge in [0.15, 0.2) is 0 Å². The standard InChI is InChI=1S/C66H44B2N4/c1-5-23-47(24-6-1)69-57-37-19-15-33-53(57)67-54-34-16-20-38-58(54)70(48-25-7-2-8-26-48)62-42-45(41-61(69)65(62)67)51-31-13-14-32-52(51)46-43-63-66-64(44-46)72(50-29-11-4-12-30-50)60-40-22-18-36-56(60)68(66)55-35-17-21-39-59(55)71(63)49-27-9-3-10-28-49/h1-44H. The molecular formula is C66H44B2N4. The number of fused-ring (bicyclic) bond motifs is 8. The predicted molar refractivity (Wildman–Crippen MR) is 305 cm³/mol. The van der Waals surface area contributed by atoms with Crippen LogP contribution in [0.2, 0.25) is 0 Å². The van der Waals surface area contributed by atoms with E-state index in [1.165, 1.54) is 89.4 Å². The Labute approximate surface area is 421 Å². The summed E-state index contributed by atoms with van der Waals surface area (Å²) in [4.78, 5) is 10.0. The lowest BCUT2D eigenvalue weighted by atomic mass is 9.33. The molecular weight excluding hydrogens is 870 g/mol. The van der Waals surface area contributed by atoms with Crippen molar-refractivity contribution in [3.8, 4) is 22.3 Å². The van der Waals surface area contributed by atoms with E-state index in [0.29, 0.717) is 0 Å². The maximum atomic E-state index is 2.50. The lowest BCUT2D eigenvalue weighted by Crippen LogP contribution is -2.61. The Morgan fingerprint density at radius 2 is 0.431 bits per heavy atom. The summed E-state index contributed by atoms with van der Waals surface area (Å²) < 4.78 is 0. The van der Waals surface area contributed by atoms with Gasteiger partial charge >= 0.3 is 0 Å². The fourth-order valence-corrected chi connectivity index (χ4v) is 12.5. The van der Waals surface area contributed by atoms with Crippen molar-refractivity contribution in [1.82, 2.24) is 0 Å². The van der Waals surface area contributed by atoms with E-state index < -0.39 is 0 Å². The first-order valence-electron chi connectivity index (χ1n) is 25.0. The first kappa shape index (κ1) is 40.6. The van der Waals surface area contributed by atoms with Gasteiger partial charge in [0.05, 0.1) is 0 Å². The zero-order valence-corrected chi connectivity index (χ0v) is 39.3. The molecule has 0 fully saturated rings. The lowest BCUT2D eigenvalue weighted by Gasteiger charge is -2.44. The highest BCUT2D eigenvalue weighted by atomic mass is 15.2. The third kappa shape index (κ3) is 6.02. The monoisotopic (exact) mass is 914 g/mol. The molecule has 4 nitrogen and oxygen atoms in total. The zero-order valence-electron chi connectivity index (χ0n) is 39.3. The minimum Gasteiger partial charge on any atom is -0.311 e. The van der Waals surface area contributed by atoms with Crippen LogP contribution in [0.3, 0.4) is 0 Å². The Hall–Kier alpha value is -9.25. The van der Waals surface area contributed by atoms with Crippen molar-refractivity contribution < 1.29 is 0 Å². The van der Waals surface area contributed by atoms with Gasteiger partial charge in [-0.3, -0.25) is 0 Å². The fraction of sp³-hybridized carbons (Fsp3) is 0. The van der Waals surface area contributed by atoms with Gasteiger partial charge in [-0.05, 0) is 152 Å². The second kappa shape index (κ2) is 16.2. The molecule has 0 saturated carbocycles. The number of nitrogens with zero attached hydrogens (tertiary/aromatic N) is 4. The molecule has 4 heterocycles. The van der Waals surface area contributed by atoms with Crippen molar-refractivity contribution in [2.45, 2.75) is 0 Å². The molecule has 0 bridgehead atoms. The van der Waals surface area contributed by atoms with Crippen LogP contribution in [-0.4, -0.2) is 13.4 Å². The summed E-state index contributed by atoms with van der Waals surface area (Å²) in [6.07, 6.45) is 0. The van der Waals surface area contributed by atoms with Gasteiger partial charge in [0, 0.05) is 68.2 Å². The van der Waals surface area contributed by atoms with Crippen molar-refractivity contribution in [3.05, 3.63) is 267 Å². The molecule has 11 aromatic rings. The molecule has 4 aliphatic rings. The number of para-hydroxylation sites is 8. The average Bonchev–Trinajstić information content (AvgIpc) is 3.45. The average molecular weight is 915 g/mol. The summed E-state index contributed by atoms with van der Waals surface area (Å²) in [6, 6.07) is 98.7. The molecule has 0 aliphatic carbocycles. The molecule has 334 valence electrons. The minimum absolute atomic E-state index is 0.0343. The van der Waals surface area contributed by atoms with Crippen LogP contribution in [0.4, 0.5) is 68.2 Å². The van der Waals surface area contributed by atoms with Crippen LogP contribution in [0.25, 0.3) is 22.3 Å². The summed E-state index contributed by atoms with van der Waals surface area (Å²) in [7, 11) is 0. The zero-order chi connectivity index (χ0) is 47.3. The van der Waals surface area contributed by atoms with E-state index in [9.17, 15) is 0 Å². The SMILES string of the molecule is c1ccc(N2c3ccccc3B3c4ccccc4N(c4ccccc4)c4cc(-c5ccccc5-c5cc6c7c(c5)N(c5ccccc5)c5ccccc5B7c5ccccc5N6c5ccccc5)cc2c43)cc1. The van der Waals surface area contributed by atoms with Gasteiger partial charge in [-0.25, -0.2) is 0 Å². The molecule has 0 radical (unpaired) electrons. The van der Waals surface area contributed by atoms with Crippen molar-refractivity contribution in [3.63, 3.8) is 0 Å². The van der Waals surface area contributed by atoms with Crippen molar-refractivity contribution in [2.24, 2.45) is 0 Å². The molecule has 15 rings (SSSR count). The molecule has 0 N–H and O–H groups in total. The third-order valence-electron chi connectivity index (χ3n) is 15.4. The van der Waals surface area contributed by atoms with Crippen LogP contribution in [0, 0.1) is 0 Å². The largest absolute Gasteiger partial charge is 0.311 e. The highest BCUT2D eigenvalue weighted by molar-refractivity contribution is 7.01. The van der Waals surface area contributed by atoms with Crippen LogP contribution in [0.1, 0.15) is 0 Å². The van der Waals surface area contributed by atoms with Gasteiger partial charge in [-0.15, -0.1) is 0 Å². The maximum absolute atomic E-state index is 2.50. The second-order valence-corrected chi connectivity index (χ2v) is 19.2. The van der Waals surface area contributed by atoms with Gasteiger partial charge in [0.1, 0.15) is 0 Å². The Morgan fingerprint density at radius 1 is 0.208 bits per heavy atom. The van der Waals surface area contributed by atoms with E-state index in [4.69, 9.17) is 0 Å². The molecule has 0 aromatic heterocycles. The second-order valence-electron chi connectivity index (χ2n) is 19.2. The van der Waals surface area contributed by atoms with Gasteiger partial charge in [0.2, 0.25) is 0 Å². The fourth-order valence-electron chi connectivity index (χ4n) is 12.5. The van der Waals surface area contributed by atoms with Crippen LogP contribution in [0.5, 0.6) is 0 Å². The lowest BCUT2D eigenvalue weighted by molar-refractivity contribution is 1.25. The topological polar surface area (TPSA) is 13.0 Å². The summed E-state index contributed by atoms with van der Waals surface area (Å²) in [6.45, 7) is 0.0685. The quantitative estimate of drug-likeness (QED) is 0.154. The smallest absolute Gasteiger partial charge is 0.252 e. The molecule has 0 atom stereocenters. The number of hydrogen-bond acceptors (Lipinski definition) is 4. The molecule has 11 aromatic carbocycles. The molecule has 72 heavy (non-hydrogen) atoms. The number of rotatable bonds is 6. The van der Waals surface area contributed by atoms with Gasteiger partial charge < -0.3 is 19.6 Å². The predicted octanol–water partition coefficient (Wildman–Crippen LogP) is 13.2. The van der Waals surface area contributed by atoms with E-state index in [1.54, 1.807) is 0 Å². The normalized spacial score (nSPS) is 13.4. The summed E-state index contributed by atoms with van der Waals surface area (Å²) in [5, 5.41) is 0. The van der Waals surface area contributed by atoms with Gasteiger partial charge in [-0.1, -0.05) is 170 Å². The maximum Gasteiger partial charge on any atom is 0.252 e. The van der Waals surface area contributed by atoms with Crippen molar-refractivity contribution in [2.75, 3.05) is 19.6 Å². The number of benzene rings is 11. The number of hydrogen-bond donors (Lipinski definition) is 0. The summed E-state index contributed by atoms with van der Waals surface area (Å²) in [5.74, 6) is 0. The van der Waals surface area contributed by atoms with Crippen molar-refractivity contribution >= 4 is 114 Å². The minimum atomic E-state index is 0.0343. The first-order chi connectivity index (χ1) is 35.8. The molecule has 6 heteroatoms. The van der Waals surface area contributed by atoms with Crippen molar-refractivity contribution in [1.29, 1.82) is 0 Å². The highest BCUT2D eigenvalue weighted by Gasteiger charge is 2.45. The first-order valence-corrected chi connectivity index (χ1v) is 25.0. The highest BCUT2D eigenvalue weighted by Crippen LogP contribution is 2.50. The van der Waals surface area contributed by atoms with Crippen LogP contribution >= 0.6 is 0 Å². The van der Waals surface area contributed by atoms with E-state index in [1.807, 2.05) is 0 Å². The summed E-state index contributed by atoms with van der Waals surface area (Å²) in [5.41, 5.74) is 26.5. The molecule has 4 aliphatic heterocycles. The molecule has 0 saturated heterocycles. The Balaban J connectivity index is 1.02. The van der Waals surface area contributed by atoms with E-state index in [2.05, 4.69) is 287 Å². The molecule has 0 amide bonds. The van der Waals surface area contributed by atoms with Gasteiger partial charge in [0.25, 0.3) is 13.4 Å². The third-order valence-corrected chi connectivity index (χ3v) is 15.4. The van der Waals surface area contributed by atoms with E-state index in [-0.39, 0.29) is 13.4 Å². The van der Waals surface area contributed by atoms with E-state index in [0.717, 1.165) is 33.9 Å².